The van der Waals surface area contributed by atoms with Gasteiger partial charge < -0.3 is 5.32 Å². The molecule has 1 N–H and O–H groups in total. The highest BCUT2D eigenvalue weighted by Gasteiger charge is 2.24. The molecular weight excluding hydrogens is 448 g/mol. The van der Waals surface area contributed by atoms with Crippen LogP contribution in [0.4, 0.5) is 5.13 Å². The zero-order valence-corrected chi connectivity index (χ0v) is 19.6. The highest BCUT2D eigenvalue weighted by Crippen LogP contribution is 2.39. The summed E-state index contributed by atoms with van der Waals surface area (Å²) < 4.78 is 1.92. The molecule has 0 unspecified atom stereocenters. The number of fused-ring (bicyclic) bond motifs is 6. The number of hydrogen-bond acceptors (Lipinski definition) is 8. The highest BCUT2D eigenvalue weighted by molar-refractivity contribution is 7.99. The van der Waals surface area contributed by atoms with E-state index in [-0.39, 0.29) is 11.7 Å². The first kappa shape index (κ1) is 19.6. The average Bonchev–Trinajstić information content (AvgIpc) is 3.45. The third kappa shape index (κ3) is 3.54. The lowest BCUT2D eigenvalue weighted by molar-refractivity contribution is -0.113. The molecule has 0 radical (unpaired) electrons. The quantitative estimate of drug-likeness (QED) is 0.441. The maximum Gasteiger partial charge on any atom is 0.236 e. The SMILES string of the molecule is C[C@H]1CCc2c(sc3ncn4c(SCC(=O)Nc5nc6c(s5)CCCC6)nnc4c23)C1. The number of thiophene rings is 1. The molecule has 4 aromatic heterocycles. The van der Waals surface area contributed by atoms with Gasteiger partial charge in [0.2, 0.25) is 5.91 Å². The molecule has 4 heterocycles. The van der Waals surface area contributed by atoms with Crippen LogP contribution in [-0.4, -0.2) is 36.2 Å². The average molecular weight is 471 g/mol. The minimum Gasteiger partial charge on any atom is -0.301 e. The molecule has 0 saturated heterocycles. The number of rotatable bonds is 4. The minimum atomic E-state index is -0.0659. The summed E-state index contributed by atoms with van der Waals surface area (Å²) >= 11 is 4.79. The van der Waals surface area contributed by atoms with Gasteiger partial charge in [-0.1, -0.05) is 18.7 Å². The maximum absolute atomic E-state index is 12.5. The minimum absolute atomic E-state index is 0.0659. The van der Waals surface area contributed by atoms with Crippen molar-refractivity contribution in [3.63, 3.8) is 0 Å². The first-order valence-corrected chi connectivity index (χ1v) is 13.3. The fraction of sp³-hybridized carbons (Fsp3) is 0.476. The van der Waals surface area contributed by atoms with Crippen molar-refractivity contribution >= 4 is 61.3 Å². The van der Waals surface area contributed by atoms with E-state index >= 15 is 0 Å². The van der Waals surface area contributed by atoms with Crippen LogP contribution in [0.1, 0.15) is 47.2 Å². The zero-order valence-electron chi connectivity index (χ0n) is 17.2. The Morgan fingerprint density at radius 2 is 2.13 bits per heavy atom. The Bertz CT molecular complexity index is 1280. The topological polar surface area (TPSA) is 85.1 Å². The maximum atomic E-state index is 12.5. The van der Waals surface area contributed by atoms with Crippen molar-refractivity contribution in [3.05, 3.63) is 27.3 Å². The van der Waals surface area contributed by atoms with Gasteiger partial charge in [-0.2, -0.15) is 0 Å². The van der Waals surface area contributed by atoms with Crippen molar-refractivity contribution in [2.75, 3.05) is 11.1 Å². The van der Waals surface area contributed by atoms with Gasteiger partial charge in [0.25, 0.3) is 0 Å². The van der Waals surface area contributed by atoms with E-state index < -0.39 is 0 Å². The summed E-state index contributed by atoms with van der Waals surface area (Å²) in [5.41, 5.74) is 3.41. The van der Waals surface area contributed by atoms with Crippen molar-refractivity contribution in [1.82, 2.24) is 24.6 Å². The molecule has 1 amide bonds. The molecule has 2 aliphatic rings. The van der Waals surface area contributed by atoms with E-state index in [1.165, 1.54) is 46.3 Å². The van der Waals surface area contributed by atoms with Crippen LogP contribution >= 0.6 is 34.4 Å². The van der Waals surface area contributed by atoms with Crippen LogP contribution in [0, 0.1) is 5.92 Å². The van der Waals surface area contributed by atoms with Crippen LogP contribution in [0.2, 0.25) is 0 Å². The van der Waals surface area contributed by atoms with Crippen molar-refractivity contribution < 1.29 is 4.79 Å². The largest absolute Gasteiger partial charge is 0.301 e. The van der Waals surface area contributed by atoms with Crippen LogP contribution in [0.25, 0.3) is 15.9 Å². The monoisotopic (exact) mass is 470 g/mol. The van der Waals surface area contributed by atoms with Gasteiger partial charge in [0.05, 0.1) is 16.8 Å². The smallest absolute Gasteiger partial charge is 0.236 e. The number of anilines is 1. The summed E-state index contributed by atoms with van der Waals surface area (Å²) in [7, 11) is 0. The van der Waals surface area contributed by atoms with Gasteiger partial charge in [-0.05, 0) is 56.4 Å². The van der Waals surface area contributed by atoms with E-state index in [1.807, 2.05) is 4.40 Å². The van der Waals surface area contributed by atoms with Gasteiger partial charge >= 0.3 is 0 Å². The lowest BCUT2D eigenvalue weighted by atomic mass is 9.89. The third-order valence-corrected chi connectivity index (χ3v) is 9.27. The van der Waals surface area contributed by atoms with E-state index in [0.29, 0.717) is 10.3 Å². The third-order valence-electron chi connectivity index (χ3n) is 6.10. The lowest BCUT2D eigenvalue weighted by Crippen LogP contribution is -2.14. The number of thiazole rings is 1. The molecule has 6 rings (SSSR count). The molecule has 7 nitrogen and oxygen atoms in total. The number of thioether (sulfide) groups is 1. The number of aryl methyl sites for hydroxylation is 3. The van der Waals surface area contributed by atoms with E-state index in [4.69, 9.17) is 0 Å². The van der Waals surface area contributed by atoms with E-state index in [0.717, 1.165) is 53.2 Å². The van der Waals surface area contributed by atoms with Crippen molar-refractivity contribution in [1.29, 1.82) is 0 Å². The predicted molar refractivity (Wildman–Crippen MR) is 125 cm³/mol. The zero-order chi connectivity index (χ0) is 20.9. The summed E-state index contributed by atoms with van der Waals surface area (Å²) in [4.78, 5) is 25.6. The molecule has 0 aromatic carbocycles. The first-order chi connectivity index (χ1) is 15.2. The van der Waals surface area contributed by atoms with Crippen molar-refractivity contribution in [3.8, 4) is 0 Å². The molecule has 10 heteroatoms. The molecule has 1 atom stereocenters. The predicted octanol–water partition coefficient (Wildman–Crippen LogP) is 4.53. The van der Waals surface area contributed by atoms with Gasteiger partial charge in [-0.25, -0.2) is 9.97 Å². The fourth-order valence-corrected chi connectivity index (χ4v) is 7.62. The highest BCUT2D eigenvalue weighted by atomic mass is 32.2. The van der Waals surface area contributed by atoms with Gasteiger partial charge in [-0.15, -0.1) is 32.9 Å². The Kier molecular flexibility index (Phi) is 4.96. The number of amides is 1. The molecule has 0 aliphatic heterocycles. The fourth-order valence-electron chi connectivity index (χ4n) is 4.51. The standard InChI is InChI=1S/C21H22N6OS3/c1-11-6-7-12-15(8-11)30-19-17(12)18-25-26-21(27(18)10-22-19)29-9-16(28)24-20-23-13-4-2-3-5-14(13)31-20/h10-11H,2-9H2,1H3,(H,23,24,28)/t11-/m0/s1. The molecule has 0 saturated carbocycles. The van der Waals surface area contributed by atoms with Crippen LogP contribution in [0.3, 0.4) is 0 Å². The summed E-state index contributed by atoms with van der Waals surface area (Å²) in [5.74, 6) is 0.925. The van der Waals surface area contributed by atoms with Crippen molar-refractivity contribution in [2.45, 2.75) is 57.0 Å². The molecule has 2 aliphatic carbocycles. The first-order valence-electron chi connectivity index (χ1n) is 10.7. The molecule has 0 bridgehead atoms. The second-order valence-electron chi connectivity index (χ2n) is 8.39. The van der Waals surface area contributed by atoms with E-state index in [1.54, 1.807) is 29.0 Å². The van der Waals surface area contributed by atoms with Crippen LogP contribution in [0.15, 0.2) is 11.5 Å². The molecule has 4 aromatic rings. The van der Waals surface area contributed by atoms with Crippen LogP contribution < -0.4 is 5.32 Å². The lowest BCUT2D eigenvalue weighted by Gasteiger charge is -2.17. The number of nitrogens with zero attached hydrogens (tertiary/aromatic N) is 5. The van der Waals surface area contributed by atoms with Gasteiger partial charge in [0.15, 0.2) is 15.9 Å². The van der Waals surface area contributed by atoms with E-state index in [2.05, 4.69) is 32.4 Å². The molecule has 160 valence electrons. The second-order valence-corrected chi connectivity index (χ2v) is 11.5. The Morgan fingerprint density at radius 3 is 3.03 bits per heavy atom. The number of nitrogens with one attached hydrogen (secondary N) is 1. The van der Waals surface area contributed by atoms with Gasteiger partial charge in [0.1, 0.15) is 11.2 Å². The summed E-state index contributed by atoms with van der Waals surface area (Å²) in [6, 6.07) is 0. The Hall–Kier alpha value is -2.04. The number of aromatic nitrogens is 5. The van der Waals surface area contributed by atoms with Crippen molar-refractivity contribution in [2.24, 2.45) is 5.92 Å². The summed E-state index contributed by atoms with van der Waals surface area (Å²) in [6.45, 7) is 2.31. The van der Waals surface area contributed by atoms with Crippen LogP contribution in [0.5, 0.6) is 0 Å². The Morgan fingerprint density at radius 1 is 1.23 bits per heavy atom. The second kappa shape index (κ2) is 7.83. The van der Waals surface area contributed by atoms with Gasteiger partial charge in [0, 0.05) is 9.75 Å². The Balaban J connectivity index is 1.21. The normalized spacial score (nSPS) is 18.3. The Labute approximate surface area is 191 Å². The molecular formula is C21H22N6OS3. The molecule has 0 spiro atoms. The number of hydrogen-bond donors (Lipinski definition) is 1. The van der Waals surface area contributed by atoms with Crippen LogP contribution in [-0.2, 0) is 30.5 Å². The van der Waals surface area contributed by atoms with E-state index in [9.17, 15) is 4.79 Å². The molecule has 31 heavy (non-hydrogen) atoms. The summed E-state index contributed by atoms with van der Waals surface area (Å²) in [5, 5.41) is 14.3. The number of carbonyl (C=O) groups is 1. The molecule has 0 fully saturated rings. The van der Waals surface area contributed by atoms with Gasteiger partial charge in [-0.3, -0.25) is 9.20 Å². The summed E-state index contributed by atoms with van der Waals surface area (Å²) in [6.07, 6.45) is 9.70. The number of carbonyl (C=O) groups excluding carboxylic acids is 1.